The third kappa shape index (κ3) is 5.89. The van der Waals surface area contributed by atoms with Gasteiger partial charge >= 0.3 is 0 Å². The van der Waals surface area contributed by atoms with Crippen LogP contribution in [-0.4, -0.2) is 12.9 Å². The lowest BCUT2D eigenvalue weighted by molar-refractivity contribution is 0.415. The summed E-state index contributed by atoms with van der Waals surface area (Å²) >= 11 is 0. The Morgan fingerprint density at radius 1 is 1.28 bits per heavy atom. The van der Waals surface area contributed by atoms with Crippen LogP contribution in [0.2, 0.25) is 0 Å². The van der Waals surface area contributed by atoms with Gasteiger partial charge in [0.05, 0.1) is 7.11 Å². The van der Waals surface area contributed by atoms with Crippen molar-refractivity contribution < 1.29 is 4.74 Å². The van der Waals surface area contributed by atoms with Crippen molar-refractivity contribution in [3.05, 3.63) is 49.2 Å². The lowest BCUT2D eigenvalue weighted by Gasteiger charge is -2.06. The van der Waals surface area contributed by atoms with Gasteiger partial charge in [-0.1, -0.05) is 26.5 Å². The van der Waals surface area contributed by atoms with E-state index in [-0.39, 0.29) is 0 Å². The lowest BCUT2D eigenvalue weighted by Crippen LogP contribution is -2.08. The number of nitrogens with zero attached hydrogens (tertiary/aromatic N) is 1. The first kappa shape index (κ1) is 16.0. The Bertz CT molecular complexity index is 391. The fourth-order valence-corrected chi connectivity index (χ4v) is 1.20. The normalized spacial score (nSPS) is 10.6. The Balaban J connectivity index is 0.00000137. The summed E-state index contributed by atoms with van der Waals surface area (Å²) in [6, 6.07) is 7.65. The third-order valence-electron chi connectivity index (χ3n) is 1.92. The summed E-state index contributed by atoms with van der Waals surface area (Å²) in [5.41, 5.74) is 0.958. The van der Waals surface area contributed by atoms with Crippen LogP contribution in [0.1, 0.15) is 20.8 Å². The molecule has 0 bridgehead atoms. The van der Waals surface area contributed by atoms with E-state index >= 15 is 0 Å². The summed E-state index contributed by atoms with van der Waals surface area (Å²) in [6.45, 7) is 9.51. The van der Waals surface area contributed by atoms with Gasteiger partial charge in [-0.3, -0.25) is 0 Å². The largest absolute Gasteiger partial charge is 0.497 e. The van der Waals surface area contributed by atoms with Crippen LogP contribution in [0.4, 0.5) is 5.69 Å². The lowest BCUT2D eigenvalue weighted by atomic mass is 10.3. The van der Waals surface area contributed by atoms with Crippen molar-refractivity contribution in [3.63, 3.8) is 0 Å². The van der Waals surface area contributed by atoms with Crippen molar-refractivity contribution in [1.29, 1.82) is 0 Å². The molecule has 1 aromatic carbocycles. The molecule has 98 valence electrons. The highest BCUT2D eigenvalue weighted by Gasteiger charge is 1.96. The predicted octanol–water partition coefficient (Wildman–Crippen LogP) is 4.25. The molecule has 0 atom stereocenters. The SMILES string of the molecule is C=CN=C(/C=C\C)Nc1ccc(OC)cc1.CC. The van der Waals surface area contributed by atoms with Crippen LogP contribution in [0, 0.1) is 0 Å². The number of benzene rings is 1. The van der Waals surface area contributed by atoms with Gasteiger partial charge in [0.15, 0.2) is 0 Å². The minimum Gasteiger partial charge on any atom is -0.497 e. The van der Waals surface area contributed by atoms with E-state index in [1.54, 1.807) is 7.11 Å². The minimum absolute atomic E-state index is 0.752. The molecule has 0 amide bonds. The summed E-state index contributed by atoms with van der Waals surface area (Å²) in [5, 5.41) is 3.17. The number of amidine groups is 1. The van der Waals surface area contributed by atoms with E-state index in [1.807, 2.05) is 57.2 Å². The molecule has 0 spiro atoms. The monoisotopic (exact) mass is 246 g/mol. The molecule has 0 fully saturated rings. The summed E-state index contributed by atoms with van der Waals surface area (Å²) in [5.74, 6) is 1.58. The summed E-state index contributed by atoms with van der Waals surface area (Å²) in [6.07, 6.45) is 5.30. The zero-order chi connectivity index (χ0) is 13.8. The second-order valence-corrected chi connectivity index (χ2v) is 3.05. The quantitative estimate of drug-likeness (QED) is 0.636. The van der Waals surface area contributed by atoms with Crippen LogP contribution in [0.25, 0.3) is 0 Å². The predicted molar refractivity (Wildman–Crippen MR) is 80.4 cm³/mol. The highest BCUT2D eigenvalue weighted by Crippen LogP contribution is 2.15. The van der Waals surface area contributed by atoms with E-state index in [0.29, 0.717) is 0 Å². The molecule has 3 nitrogen and oxygen atoms in total. The first-order chi connectivity index (χ1) is 8.80. The number of rotatable bonds is 4. The highest BCUT2D eigenvalue weighted by atomic mass is 16.5. The van der Waals surface area contributed by atoms with Gasteiger partial charge in [-0.05, 0) is 37.3 Å². The molecular formula is C15H22N2O. The third-order valence-corrected chi connectivity index (χ3v) is 1.92. The molecule has 0 aliphatic heterocycles. The van der Waals surface area contributed by atoms with Gasteiger partial charge in [0, 0.05) is 11.9 Å². The molecule has 3 heteroatoms. The number of anilines is 1. The molecule has 18 heavy (non-hydrogen) atoms. The zero-order valence-corrected chi connectivity index (χ0v) is 11.6. The number of allylic oxidation sites excluding steroid dienone is 1. The minimum atomic E-state index is 0.752. The molecule has 0 saturated carbocycles. The van der Waals surface area contributed by atoms with Crippen LogP contribution in [0.5, 0.6) is 5.75 Å². The van der Waals surface area contributed by atoms with Gasteiger partial charge in [-0.2, -0.15) is 0 Å². The van der Waals surface area contributed by atoms with Gasteiger partial charge in [-0.25, -0.2) is 4.99 Å². The molecule has 0 aliphatic carbocycles. The first-order valence-electron chi connectivity index (χ1n) is 6.02. The number of aliphatic imine (C=N–C) groups is 1. The molecule has 1 N–H and O–H groups in total. The molecular weight excluding hydrogens is 224 g/mol. The van der Waals surface area contributed by atoms with Crippen molar-refractivity contribution in [3.8, 4) is 5.75 Å². The number of hydrogen-bond donors (Lipinski definition) is 1. The van der Waals surface area contributed by atoms with Crippen LogP contribution >= 0.6 is 0 Å². The van der Waals surface area contributed by atoms with Crippen molar-refractivity contribution in [2.24, 2.45) is 4.99 Å². The number of hydrogen-bond acceptors (Lipinski definition) is 2. The second-order valence-electron chi connectivity index (χ2n) is 3.05. The van der Waals surface area contributed by atoms with Crippen LogP contribution in [-0.2, 0) is 0 Å². The zero-order valence-electron chi connectivity index (χ0n) is 11.6. The van der Waals surface area contributed by atoms with Gasteiger partial charge in [0.25, 0.3) is 0 Å². The Hall–Kier alpha value is -2.03. The first-order valence-corrected chi connectivity index (χ1v) is 6.02. The molecule has 0 unspecified atom stereocenters. The standard InChI is InChI=1S/C13H16N2O.C2H6/c1-4-6-13(14-5-2)15-11-7-9-12(16-3)10-8-11;1-2/h4-10H,2H2,1,3H3,(H,14,15);1-2H3/b6-4-;. The molecule has 0 saturated heterocycles. The van der Waals surface area contributed by atoms with Gasteiger partial charge in [-0.15, -0.1) is 0 Å². The maximum Gasteiger partial charge on any atom is 0.129 e. The molecule has 1 rings (SSSR count). The van der Waals surface area contributed by atoms with E-state index in [0.717, 1.165) is 17.3 Å². The van der Waals surface area contributed by atoms with Gasteiger partial charge in [0.1, 0.15) is 11.6 Å². The average molecular weight is 246 g/mol. The molecule has 0 heterocycles. The van der Waals surface area contributed by atoms with E-state index in [1.165, 1.54) is 6.20 Å². The Kier molecular flexibility index (Phi) is 9.00. The van der Waals surface area contributed by atoms with E-state index in [4.69, 9.17) is 4.74 Å². The maximum absolute atomic E-state index is 5.08. The fourth-order valence-electron chi connectivity index (χ4n) is 1.20. The van der Waals surface area contributed by atoms with Crippen molar-refractivity contribution in [2.45, 2.75) is 20.8 Å². The average Bonchev–Trinajstić information content (AvgIpc) is 2.42. The Morgan fingerprint density at radius 2 is 1.89 bits per heavy atom. The Labute approximate surface area is 110 Å². The summed E-state index contributed by atoms with van der Waals surface area (Å²) < 4.78 is 5.08. The second kappa shape index (κ2) is 10.1. The summed E-state index contributed by atoms with van der Waals surface area (Å²) in [4.78, 5) is 4.10. The Morgan fingerprint density at radius 3 is 2.33 bits per heavy atom. The van der Waals surface area contributed by atoms with Crippen molar-refractivity contribution >= 4 is 11.5 Å². The van der Waals surface area contributed by atoms with Crippen LogP contribution in [0.15, 0.2) is 54.2 Å². The van der Waals surface area contributed by atoms with Crippen LogP contribution in [0.3, 0.4) is 0 Å². The number of nitrogens with one attached hydrogen (secondary N) is 1. The molecule has 1 aromatic rings. The molecule has 0 radical (unpaired) electrons. The van der Waals surface area contributed by atoms with E-state index in [9.17, 15) is 0 Å². The van der Waals surface area contributed by atoms with Crippen molar-refractivity contribution in [1.82, 2.24) is 0 Å². The topological polar surface area (TPSA) is 33.6 Å². The van der Waals surface area contributed by atoms with E-state index < -0.39 is 0 Å². The van der Waals surface area contributed by atoms with Crippen LogP contribution < -0.4 is 10.1 Å². The summed E-state index contributed by atoms with van der Waals surface area (Å²) in [7, 11) is 1.65. The maximum atomic E-state index is 5.08. The molecule has 0 aliphatic rings. The van der Waals surface area contributed by atoms with E-state index in [2.05, 4.69) is 16.9 Å². The fraction of sp³-hybridized carbons (Fsp3) is 0.267. The highest BCUT2D eigenvalue weighted by molar-refractivity contribution is 6.04. The smallest absolute Gasteiger partial charge is 0.129 e. The molecule has 0 aromatic heterocycles. The number of methoxy groups -OCH3 is 1. The van der Waals surface area contributed by atoms with Gasteiger partial charge < -0.3 is 10.1 Å². The number of ether oxygens (including phenoxy) is 1. The van der Waals surface area contributed by atoms with Gasteiger partial charge in [0.2, 0.25) is 0 Å². The van der Waals surface area contributed by atoms with Crippen molar-refractivity contribution in [2.75, 3.05) is 12.4 Å².